The average molecular weight is 688 g/mol. The number of carbonyl (C=O) groups excluding carboxylic acids is 2. The standard InChI is InChI=1S/C35H41N7O6S/c1-4-39-19-21-40(22-20-39)26-14-17-41(18-15-26)34(44)38-35(27-9-8-16-37-32(27)48-5-2)28-23-25(24-36)12-13-29(28)42(33(35)43)49(45,46)31-11-7-6-10-30(31)47-3/h6-13,16,23,26H,4-5,14-15,17-22H2,1-3H3,(H,38,44). The van der Waals surface area contributed by atoms with Crippen LogP contribution < -0.4 is 19.1 Å². The fourth-order valence-electron chi connectivity index (χ4n) is 7.12. The van der Waals surface area contributed by atoms with Gasteiger partial charge in [0.15, 0.2) is 5.54 Å². The maximum absolute atomic E-state index is 15.1. The van der Waals surface area contributed by atoms with Gasteiger partial charge in [0.25, 0.3) is 15.9 Å². The molecule has 4 heterocycles. The molecular formula is C35H41N7O6S. The number of fused-ring (bicyclic) bond motifs is 1. The van der Waals surface area contributed by atoms with Crippen molar-refractivity contribution in [2.45, 2.75) is 43.2 Å². The number of likely N-dealkylation sites (tertiary alicyclic amines) is 1. The average Bonchev–Trinajstić information content (AvgIpc) is 3.39. The molecule has 1 aromatic heterocycles. The van der Waals surface area contributed by atoms with Gasteiger partial charge in [-0.2, -0.15) is 9.57 Å². The highest BCUT2D eigenvalue weighted by Gasteiger charge is 2.59. The number of nitrogens with one attached hydrogen (secondary N) is 1. The molecule has 1 atom stereocenters. The molecule has 2 aromatic carbocycles. The van der Waals surface area contributed by atoms with Crippen LogP contribution in [0.5, 0.6) is 11.6 Å². The van der Waals surface area contributed by atoms with Crippen LogP contribution in [0.1, 0.15) is 43.4 Å². The Morgan fingerprint density at radius 3 is 2.43 bits per heavy atom. The first kappa shape index (κ1) is 34.2. The molecule has 258 valence electrons. The minimum atomic E-state index is -4.61. The maximum Gasteiger partial charge on any atom is 0.318 e. The van der Waals surface area contributed by atoms with Gasteiger partial charge in [0.1, 0.15) is 10.6 Å². The summed E-state index contributed by atoms with van der Waals surface area (Å²) in [7, 11) is -3.27. The molecule has 0 aliphatic carbocycles. The second-order valence-corrected chi connectivity index (χ2v) is 14.0. The first-order valence-electron chi connectivity index (χ1n) is 16.6. The third-order valence-corrected chi connectivity index (χ3v) is 11.5. The quantitative estimate of drug-likeness (QED) is 0.356. The topological polar surface area (TPSA) is 148 Å². The van der Waals surface area contributed by atoms with E-state index in [4.69, 9.17) is 9.47 Å². The third kappa shape index (κ3) is 6.07. The highest BCUT2D eigenvalue weighted by Crippen LogP contribution is 2.49. The molecular weight excluding hydrogens is 646 g/mol. The summed E-state index contributed by atoms with van der Waals surface area (Å²) in [6.45, 7) is 10.1. The fraction of sp³-hybridized carbons (Fsp3) is 0.429. The molecule has 3 aliphatic rings. The molecule has 0 bridgehead atoms. The summed E-state index contributed by atoms with van der Waals surface area (Å²) in [5.74, 6) is -0.870. The molecule has 1 unspecified atom stereocenters. The Hall–Kier alpha value is -4.71. The highest BCUT2D eigenvalue weighted by molar-refractivity contribution is 7.93. The molecule has 49 heavy (non-hydrogen) atoms. The molecule has 13 nitrogen and oxygen atoms in total. The highest BCUT2D eigenvalue weighted by atomic mass is 32.2. The van der Waals surface area contributed by atoms with Crippen LogP contribution in [0.3, 0.4) is 0 Å². The van der Waals surface area contributed by atoms with E-state index in [9.17, 15) is 18.5 Å². The molecule has 3 amide bonds. The van der Waals surface area contributed by atoms with Crippen LogP contribution in [-0.2, 0) is 20.4 Å². The van der Waals surface area contributed by atoms with Gasteiger partial charge in [-0.25, -0.2) is 18.2 Å². The summed E-state index contributed by atoms with van der Waals surface area (Å²) in [5, 5.41) is 12.9. The Kier molecular flexibility index (Phi) is 9.78. The van der Waals surface area contributed by atoms with Gasteiger partial charge in [0, 0.05) is 57.1 Å². The van der Waals surface area contributed by atoms with Gasteiger partial charge in [-0.15, -0.1) is 0 Å². The van der Waals surface area contributed by atoms with E-state index in [0.717, 1.165) is 45.6 Å². The number of piperidine rings is 1. The Labute approximate surface area is 287 Å². The van der Waals surface area contributed by atoms with Gasteiger partial charge in [-0.1, -0.05) is 19.1 Å². The van der Waals surface area contributed by atoms with E-state index in [1.54, 1.807) is 30.0 Å². The van der Waals surface area contributed by atoms with Crippen molar-refractivity contribution in [1.82, 2.24) is 25.0 Å². The Morgan fingerprint density at radius 2 is 1.76 bits per heavy atom. The number of likely N-dealkylation sites (N-methyl/N-ethyl adjacent to an activating group) is 1. The summed E-state index contributed by atoms with van der Waals surface area (Å²) in [6, 6.07) is 15.3. The third-order valence-electron chi connectivity index (χ3n) is 9.71. The number of hydrogen-bond acceptors (Lipinski definition) is 10. The lowest BCUT2D eigenvalue weighted by Gasteiger charge is -2.43. The maximum atomic E-state index is 15.1. The first-order chi connectivity index (χ1) is 23.7. The number of amides is 3. The van der Waals surface area contributed by atoms with Crippen LogP contribution in [0, 0.1) is 11.3 Å². The number of anilines is 1. The zero-order valence-corrected chi connectivity index (χ0v) is 28.8. The number of nitriles is 1. The SMILES string of the molecule is CCOc1ncccc1C1(NC(=O)N2CCC(N3CCN(CC)CC3)CC2)C(=O)N(S(=O)(=O)c2ccccc2OC)c2ccc(C#N)cc21. The predicted molar refractivity (Wildman–Crippen MR) is 182 cm³/mol. The number of hydrogen-bond donors (Lipinski definition) is 1. The summed E-state index contributed by atoms with van der Waals surface area (Å²) < 4.78 is 40.9. The molecule has 6 rings (SSSR count). The second-order valence-electron chi connectivity index (χ2n) is 12.2. The number of para-hydroxylation sites is 1. The molecule has 3 aliphatic heterocycles. The summed E-state index contributed by atoms with van der Waals surface area (Å²) in [6.07, 6.45) is 3.02. The van der Waals surface area contributed by atoms with Crippen molar-refractivity contribution in [3.8, 4) is 17.7 Å². The monoisotopic (exact) mass is 687 g/mol. The van der Waals surface area contributed by atoms with Crippen molar-refractivity contribution in [2.24, 2.45) is 0 Å². The van der Waals surface area contributed by atoms with Gasteiger partial charge >= 0.3 is 6.03 Å². The fourth-order valence-corrected chi connectivity index (χ4v) is 8.75. The lowest BCUT2D eigenvalue weighted by molar-refractivity contribution is -0.121. The number of carbonyl (C=O) groups is 2. The Balaban J connectivity index is 1.42. The van der Waals surface area contributed by atoms with E-state index < -0.39 is 27.5 Å². The number of methoxy groups -OCH3 is 1. The zero-order valence-electron chi connectivity index (χ0n) is 28.0. The molecule has 0 radical (unpaired) electrons. The van der Waals surface area contributed by atoms with Gasteiger partial charge in [-0.05, 0) is 68.8 Å². The van der Waals surface area contributed by atoms with Crippen LogP contribution in [0.15, 0.2) is 65.7 Å². The van der Waals surface area contributed by atoms with Crippen LogP contribution in [-0.4, -0.2) is 106 Å². The Morgan fingerprint density at radius 1 is 1.02 bits per heavy atom. The van der Waals surface area contributed by atoms with E-state index in [1.807, 2.05) is 0 Å². The summed E-state index contributed by atoms with van der Waals surface area (Å²) in [4.78, 5) is 40.1. The number of urea groups is 1. The number of aromatic nitrogens is 1. The van der Waals surface area contributed by atoms with Crippen molar-refractivity contribution < 1.29 is 27.5 Å². The predicted octanol–water partition coefficient (Wildman–Crippen LogP) is 3.15. The van der Waals surface area contributed by atoms with Gasteiger partial charge in [0.2, 0.25) is 5.88 Å². The molecule has 3 aromatic rings. The normalized spacial score (nSPS) is 20.5. The minimum Gasteiger partial charge on any atom is -0.495 e. The number of rotatable bonds is 9. The molecule has 0 spiro atoms. The van der Waals surface area contributed by atoms with Gasteiger partial charge in [0.05, 0.1) is 36.6 Å². The largest absolute Gasteiger partial charge is 0.495 e. The zero-order chi connectivity index (χ0) is 34.8. The van der Waals surface area contributed by atoms with Crippen molar-refractivity contribution in [1.29, 1.82) is 5.26 Å². The van der Waals surface area contributed by atoms with E-state index in [1.165, 1.54) is 49.7 Å². The second kappa shape index (κ2) is 14.0. The van der Waals surface area contributed by atoms with Crippen molar-refractivity contribution in [3.05, 3.63) is 77.5 Å². The van der Waals surface area contributed by atoms with Crippen LogP contribution in [0.4, 0.5) is 10.5 Å². The first-order valence-corrected chi connectivity index (χ1v) is 18.0. The lowest BCUT2D eigenvalue weighted by atomic mass is 9.83. The number of nitrogens with zero attached hydrogens (tertiary/aromatic N) is 6. The molecule has 2 fully saturated rings. The van der Waals surface area contributed by atoms with Crippen LogP contribution in [0.2, 0.25) is 0 Å². The van der Waals surface area contributed by atoms with Crippen molar-refractivity contribution >= 4 is 27.6 Å². The van der Waals surface area contributed by atoms with Gasteiger partial charge < -0.3 is 24.6 Å². The van der Waals surface area contributed by atoms with Crippen molar-refractivity contribution in [3.63, 3.8) is 0 Å². The van der Waals surface area contributed by atoms with Crippen LogP contribution in [0.25, 0.3) is 0 Å². The van der Waals surface area contributed by atoms with E-state index in [-0.39, 0.29) is 45.5 Å². The molecule has 2 saturated heterocycles. The lowest BCUT2D eigenvalue weighted by Crippen LogP contribution is -2.59. The molecule has 14 heteroatoms. The number of benzene rings is 2. The summed E-state index contributed by atoms with van der Waals surface area (Å²) in [5.41, 5.74) is -1.69. The van der Waals surface area contributed by atoms with Gasteiger partial charge in [-0.3, -0.25) is 9.69 Å². The summed E-state index contributed by atoms with van der Waals surface area (Å²) >= 11 is 0. The molecule has 1 N–H and O–H groups in total. The number of piperazine rings is 1. The molecule has 0 saturated carbocycles. The van der Waals surface area contributed by atoms with E-state index in [2.05, 4.69) is 33.1 Å². The van der Waals surface area contributed by atoms with E-state index >= 15 is 4.79 Å². The number of sulfonamides is 1. The van der Waals surface area contributed by atoms with Crippen LogP contribution >= 0.6 is 0 Å². The minimum absolute atomic E-state index is 0.00793. The number of pyridine rings is 1. The Bertz CT molecular complexity index is 1870. The van der Waals surface area contributed by atoms with Crippen molar-refractivity contribution in [2.75, 3.05) is 63.8 Å². The smallest absolute Gasteiger partial charge is 0.318 e. The number of ether oxygens (including phenoxy) is 2. The van der Waals surface area contributed by atoms with E-state index in [0.29, 0.717) is 23.4 Å².